The second-order valence-electron chi connectivity index (χ2n) is 9.01. The molecule has 1 atom stereocenters. The third kappa shape index (κ3) is 3.38. The maximum Gasteiger partial charge on any atom is 0.338 e. The molecule has 0 saturated heterocycles. The molecule has 4 fully saturated rings. The van der Waals surface area contributed by atoms with Gasteiger partial charge in [-0.2, -0.15) is 0 Å². The first-order chi connectivity index (χ1) is 12.4. The lowest BCUT2D eigenvalue weighted by molar-refractivity contribution is -0.128. The van der Waals surface area contributed by atoms with Crippen LogP contribution in [0.2, 0.25) is 0 Å². The summed E-state index contributed by atoms with van der Waals surface area (Å²) in [7, 11) is 0. The number of amides is 1. The second-order valence-corrected chi connectivity index (χ2v) is 9.01. The van der Waals surface area contributed by atoms with Crippen LogP contribution in [0, 0.1) is 30.1 Å². The number of aryl methyl sites for hydroxylation is 1. The van der Waals surface area contributed by atoms with E-state index in [1.165, 1.54) is 38.5 Å². The van der Waals surface area contributed by atoms with E-state index in [4.69, 9.17) is 4.74 Å². The van der Waals surface area contributed by atoms with E-state index in [-0.39, 0.29) is 24.0 Å². The Morgan fingerprint density at radius 1 is 1.15 bits per heavy atom. The van der Waals surface area contributed by atoms with Gasteiger partial charge in [0.25, 0.3) is 5.91 Å². The molecule has 26 heavy (non-hydrogen) atoms. The van der Waals surface area contributed by atoms with E-state index in [2.05, 4.69) is 12.2 Å². The van der Waals surface area contributed by atoms with Crippen LogP contribution in [0.3, 0.4) is 0 Å². The Morgan fingerprint density at radius 2 is 1.77 bits per heavy atom. The Kier molecular flexibility index (Phi) is 4.54. The molecule has 1 aromatic carbocycles. The van der Waals surface area contributed by atoms with Crippen LogP contribution < -0.4 is 5.32 Å². The van der Waals surface area contributed by atoms with Gasteiger partial charge in [0.05, 0.1) is 5.56 Å². The summed E-state index contributed by atoms with van der Waals surface area (Å²) in [5, 5.41) is 3.14. The fraction of sp³-hybridized carbons (Fsp3) is 0.636. The molecule has 0 radical (unpaired) electrons. The van der Waals surface area contributed by atoms with Crippen molar-refractivity contribution in [2.24, 2.45) is 23.2 Å². The molecule has 1 amide bonds. The average Bonchev–Trinajstić information content (AvgIpc) is 2.58. The smallest absolute Gasteiger partial charge is 0.338 e. The maximum atomic E-state index is 12.4. The fourth-order valence-corrected chi connectivity index (χ4v) is 6.13. The molecule has 1 N–H and O–H groups in total. The number of hydrogen-bond donors (Lipinski definition) is 1. The molecule has 1 aromatic rings. The quantitative estimate of drug-likeness (QED) is 0.816. The highest BCUT2D eigenvalue weighted by atomic mass is 16.5. The first-order valence-electron chi connectivity index (χ1n) is 9.97. The fourth-order valence-electron chi connectivity index (χ4n) is 6.13. The van der Waals surface area contributed by atoms with Crippen molar-refractivity contribution in [3.8, 4) is 0 Å². The Bertz CT molecular complexity index is 676. The molecule has 4 heteroatoms. The number of ether oxygens (including phenoxy) is 1. The van der Waals surface area contributed by atoms with E-state index >= 15 is 0 Å². The minimum Gasteiger partial charge on any atom is -0.452 e. The first kappa shape index (κ1) is 17.6. The molecule has 140 valence electrons. The molecule has 0 heterocycles. The number of benzene rings is 1. The average molecular weight is 355 g/mol. The predicted octanol–water partition coefficient (Wildman–Crippen LogP) is 3.87. The van der Waals surface area contributed by atoms with Gasteiger partial charge in [-0.25, -0.2) is 4.79 Å². The third-order valence-corrected chi connectivity index (χ3v) is 6.97. The Hall–Kier alpha value is -1.84. The van der Waals surface area contributed by atoms with Gasteiger partial charge in [0.1, 0.15) is 0 Å². The van der Waals surface area contributed by atoms with Crippen LogP contribution in [0.4, 0.5) is 0 Å². The molecule has 5 rings (SSSR count). The summed E-state index contributed by atoms with van der Waals surface area (Å²) in [5.41, 5.74) is 1.76. The van der Waals surface area contributed by atoms with Gasteiger partial charge in [0.15, 0.2) is 6.61 Å². The van der Waals surface area contributed by atoms with E-state index in [0.717, 1.165) is 23.3 Å². The Labute approximate surface area is 155 Å². The molecule has 4 aliphatic carbocycles. The van der Waals surface area contributed by atoms with Crippen LogP contribution in [0.1, 0.15) is 61.4 Å². The summed E-state index contributed by atoms with van der Waals surface area (Å²) >= 11 is 0. The molecule has 4 bridgehead atoms. The van der Waals surface area contributed by atoms with Gasteiger partial charge in [-0.1, -0.05) is 17.7 Å². The molecule has 0 unspecified atom stereocenters. The Balaban J connectivity index is 1.31. The topological polar surface area (TPSA) is 55.4 Å². The predicted molar refractivity (Wildman–Crippen MR) is 99.7 cm³/mol. The number of hydrogen-bond acceptors (Lipinski definition) is 3. The van der Waals surface area contributed by atoms with Crippen LogP contribution in [-0.2, 0) is 9.53 Å². The van der Waals surface area contributed by atoms with Crippen molar-refractivity contribution < 1.29 is 14.3 Å². The molecule has 4 saturated carbocycles. The lowest BCUT2D eigenvalue weighted by Gasteiger charge is -2.59. The monoisotopic (exact) mass is 355 g/mol. The van der Waals surface area contributed by atoms with Crippen molar-refractivity contribution in [1.29, 1.82) is 0 Å². The lowest BCUT2D eigenvalue weighted by Crippen LogP contribution is -2.56. The van der Waals surface area contributed by atoms with E-state index in [1.54, 1.807) is 12.1 Å². The van der Waals surface area contributed by atoms with Gasteiger partial charge in [0.2, 0.25) is 0 Å². The summed E-state index contributed by atoms with van der Waals surface area (Å²) in [5.74, 6) is 1.96. The highest BCUT2D eigenvalue weighted by Gasteiger charge is 2.53. The number of rotatable bonds is 5. The van der Waals surface area contributed by atoms with Crippen molar-refractivity contribution in [2.75, 3.05) is 6.61 Å². The van der Waals surface area contributed by atoms with Gasteiger partial charge in [-0.3, -0.25) is 4.79 Å². The molecule has 4 nitrogen and oxygen atoms in total. The zero-order valence-corrected chi connectivity index (χ0v) is 15.8. The minimum absolute atomic E-state index is 0.154. The molecule has 4 aliphatic rings. The first-order valence-corrected chi connectivity index (χ1v) is 9.97. The van der Waals surface area contributed by atoms with Crippen LogP contribution in [-0.4, -0.2) is 24.5 Å². The van der Waals surface area contributed by atoms with Gasteiger partial charge < -0.3 is 10.1 Å². The van der Waals surface area contributed by atoms with E-state index in [1.807, 2.05) is 19.1 Å². The number of nitrogens with one attached hydrogen (secondary N) is 1. The normalized spacial score (nSPS) is 32.9. The highest BCUT2D eigenvalue weighted by Crippen LogP contribution is 2.61. The van der Waals surface area contributed by atoms with Crippen molar-refractivity contribution in [3.63, 3.8) is 0 Å². The molecular formula is C22H29NO3. The summed E-state index contributed by atoms with van der Waals surface area (Å²) in [6, 6.07) is 7.39. The van der Waals surface area contributed by atoms with Gasteiger partial charge >= 0.3 is 5.97 Å². The summed E-state index contributed by atoms with van der Waals surface area (Å²) in [6.07, 6.45) is 7.95. The molecule has 0 spiro atoms. The summed E-state index contributed by atoms with van der Waals surface area (Å²) in [4.78, 5) is 24.5. The SMILES string of the molecule is Cc1cccc(C(=O)OCC(=O)N[C@@H](C)C23CC4CC(CC(C4)C2)C3)c1. The van der Waals surface area contributed by atoms with Crippen LogP contribution in [0.25, 0.3) is 0 Å². The summed E-state index contributed by atoms with van der Waals surface area (Å²) in [6.45, 7) is 3.87. The van der Waals surface area contributed by atoms with E-state index in [0.29, 0.717) is 5.56 Å². The van der Waals surface area contributed by atoms with E-state index in [9.17, 15) is 9.59 Å². The number of carbonyl (C=O) groups is 2. The molecule has 0 aromatic heterocycles. The zero-order valence-electron chi connectivity index (χ0n) is 15.8. The van der Waals surface area contributed by atoms with Crippen LogP contribution in [0.5, 0.6) is 0 Å². The van der Waals surface area contributed by atoms with Crippen LogP contribution >= 0.6 is 0 Å². The van der Waals surface area contributed by atoms with Crippen molar-refractivity contribution in [2.45, 2.75) is 58.4 Å². The number of esters is 1. The van der Waals surface area contributed by atoms with Crippen molar-refractivity contribution in [1.82, 2.24) is 5.32 Å². The maximum absolute atomic E-state index is 12.4. The van der Waals surface area contributed by atoms with Crippen molar-refractivity contribution in [3.05, 3.63) is 35.4 Å². The molecule has 0 aliphatic heterocycles. The van der Waals surface area contributed by atoms with Gasteiger partial charge in [-0.15, -0.1) is 0 Å². The van der Waals surface area contributed by atoms with Crippen LogP contribution in [0.15, 0.2) is 24.3 Å². The van der Waals surface area contributed by atoms with Crippen molar-refractivity contribution >= 4 is 11.9 Å². The van der Waals surface area contributed by atoms with Gasteiger partial charge in [0, 0.05) is 6.04 Å². The third-order valence-electron chi connectivity index (χ3n) is 6.97. The lowest BCUT2D eigenvalue weighted by atomic mass is 9.48. The highest BCUT2D eigenvalue weighted by molar-refractivity contribution is 5.91. The summed E-state index contributed by atoms with van der Waals surface area (Å²) < 4.78 is 5.21. The minimum atomic E-state index is -0.439. The Morgan fingerprint density at radius 3 is 2.35 bits per heavy atom. The second kappa shape index (κ2) is 6.71. The number of carbonyl (C=O) groups excluding carboxylic acids is 2. The van der Waals surface area contributed by atoms with Gasteiger partial charge in [-0.05, 0) is 87.7 Å². The standard InChI is InChI=1S/C22H29NO3/c1-14-4-3-5-19(6-14)21(25)26-13-20(24)23-15(2)22-10-16-7-17(11-22)9-18(8-16)12-22/h3-6,15-18H,7-13H2,1-2H3,(H,23,24)/t15-,16?,17?,18?,22?/m0/s1. The largest absolute Gasteiger partial charge is 0.452 e. The molecular weight excluding hydrogens is 326 g/mol. The van der Waals surface area contributed by atoms with E-state index < -0.39 is 5.97 Å². The zero-order chi connectivity index (χ0) is 18.3.